The molecular weight excluding hydrogens is 499 g/mol. The molecule has 3 rings (SSSR count). The molecule has 3 unspecified atom stereocenters. The van der Waals surface area contributed by atoms with Gasteiger partial charge in [-0.05, 0) is 25.5 Å². The number of benzene rings is 1. The second-order valence-corrected chi connectivity index (χ2v) is 8.35. The monoisotopic (exact) mass is 522 g/mol. The smallest absolute Gasteiger partial charge is 0.336 e. The van der Waals surface area contributed by atoms with E-state index in [0.29, 0.717) is 11.3 Å². The number of nitrogen functional groups attached to an aromatic ring is 1. The van der Waals surface area contributed by atoms with Gasteiger partial charge >= 0.3 is 11.9 Å². The fourth-order valence-electron chi connectivity index (χ4n) is 4.06. The molecule has 0 radical (unpaired) electrons. The van der Waals surface area contributed by atoms with Gasteiger partial charge in [0.25, 0.3) is 5.56 Å². The molecule has 0 aliphatic carbocycles. The Morgan fingerprint density at radius 3 is 2.57 bits per heavy atom. The van der Waals surface area contributed by atoms with Crippen molar-refractivity contribution < 1.29 is 23.8 Å². The molecule has 0 spiro atoms. The summed E-state index contributed by atoms with van der Waals surface area (Å²) >= 11 is 12.8. The van der Waals surface area contributed by atoms with E-state index in [2.05, 4.69) is 15.0 Å². The van der Waals surface area contributed by atoms with Gasteiger partial charge in [-0.25, -0.2) is 9.78 Å². The number of esters is 2. The number of nitrogens with one attached hydrogen (secondary N) is 1. The van der Waals surface area contributed by atoms with E-state index in [1.807, 2.05) is 0 Å². The number of carbonyl (C=O) groups is 2. The second kappa shape index (κ2) is 11.0. The topological polar surface area (TPSA) is 146 Å². The molecule has 3 atom stereocenters. The minimum absolute atomic E-state index is 0.00970. The molecule has 0 fully saturated rings. The summed E-state index contributed by atoms with van der Waals surface area (Å²) in [6.45, 7) is 3.30. The number of nitrogens with two attached hydrogens (primary N) is 1. The van der Waals surface area contributed by atoms with Crippen LogP contribution in [0.2, 0.25) is 10.0 Å². The predicted molar refractivity (Wildman–Crippen MR) is 130 cm³/mol. The summed E-state index contributed by atoms with van der Waals surface area (Å²) in [5, 5.41) is 0.376. The zero-order valence-corrected chi connectivity index (χ0v) is 20.9. The van der Waals surface area contributed by atoms with Crippen LogP contribution in [0.3, 0.4) is 0 Å². The largest absolute Gasteiger partial charge is 0.468 e. The lowest BCUT2D eigenvalue weighted by Crippen LogP contribution is -2.37. The number of anilines is 1. The molecule has 2 heterocycles. The van der Waals surface area contributed by atoms with Gasteiger partial charge in [0, 0.05) is 24.8 Å². The highest BCUT2D eigenvalue weighted by atomic mass is 35.5. The number of aromatic amines is 1. The Bertz CT molecular complexity index is 1270. The molecule has 1 aliphatic rings. The van der Waals surface area contributed by atoms with Crippen molar-refractivity contribution in [1.82, 2.24) is 9.97 Å². The van der Waals surface area contributed by atoms with Gasteiger partial charge in [0.05, 0.1) is 40.7 Å². The zero-order chi connectivity index (χ0) is 25.9. The number of H-pyrrole nitrogens is 1. The summed E-state index contributed by atoms with van der Waals surface area (Å²) in [6.07, 6.45) is -1.10. The molecule has 3 N–H and O–H groups in total. The first-order valence-corrected chi connectivity index (χ1v) is 11.3. The first-order chi connectivity index (χ1) is 16.6. The number of hydrogen-bond acceptors (Lipinski definition) is 9. The number of methoxy groups -OCH3 is 2. The van der Waals surface area contributed by atoms with Gasteiger partial charge in [-0.1, -0.05) is 35.3 Å². The third-order valence-corrected chi connectivity index (χ3v) is 6.30. The first kappa shape index (κ1) is 26.4. The first-order valence-electron chi connectivity index (χ1n) is 10.5. The van der Waals surface area contributed by atoms with Crippen LogP contribution in [-0.2, 0) is 23.8 Å². The highest BCUT2D eigenvalue weighted by Gasteiger charge is 2.45. The Hall–Kier alpha value is -3.21. The van der Waals surface area contributed by atoms with Crippen molar-refractivity contribution in [3.63, 3.8) is 0 Å². The summed E-state index contributed by atoms with van der Waals surface area (Å²) in [6, 6.07) is 6.06. The predicted octanol–water partition coefficient (Wildman–Crippen LogP) is 3.21. The third-order valence-electron chi connectivity index (χ3n) is 5.47. The molecule has 0 saturated carbocycles. The van der Waals surface area contributed by atoms with Crippen molar-refractivity contribution in [2.75, 3.05) is 26.6 Å². The van der Waals surface area contributed by atoms with Crippen molar-refractivity contribution in [2.24, 2.45) is 10.9 Å². The van der Waals surface area contributed by atoms with E-state index in [0.717, 1.165) is 0 Å². The van der Waals surface area contributed by atoms with Gasteiger partial charge in [0.1, 0.15) is 12.0 Å². The van der Waals surface area contributed by atoms with Gasteiger partial charge in [0.2, 0.25) is 5.95 Å². The summed E-state index contributed by atoms with van der Waals surface area (Å²) in [5.74, 6) is -3.55. The van der Waals surface area contributed by atoms with Gasteiger partial charge in [0.15, 0.2) is 0 Å². The van der Waals surface area contributed by atoms with Crippen LogP contribution in [0.5, 0.6) is 0 Å². The van der Waals surface area contributed by atoms with Crippen LogP contribution in [0.15, 0.2) is 45.3 Å². The molecule has 0 amide bonds. The Labute approximate surface area is 211 Å². The zero-order valence-electron chi connectivity index (χ0n) is 19.4. The van der Waals surface area contributed by atoms with Crippen LogP contribution >= 0.6 is 23.2 Å². The van der Waals surface area contributed by atoms with Crippen LogP contribution in [-0.4, -0.2) is 48.4 Å². The van der Waals surface area contributed by atoms with Crippen molar-refractivity contribution in [3.8, 4) is 0 Å². The SMILES string of the molecule is CCOC(=O)C1=C(C(OC)c2cc(=O)[nH]c(N)n2)N=C(C)C(C(=O)OC)C1c1cccc(Cl)c1Cl. The van der Waals surface area contributed by atoms with E-state index in [-0.39, 0.29) is 39.6 Å². The lowest BCUT2D eigenvalue weighted by molar-refractivity contribution is -0.144. The average molecular weight is 523 g/mol. The normalized spacial score (nSPS) is 18.6. The number of ether oxygens (including phenoxy) is 3. The molecule has 0 bridgehead atoms. The Morgan fingerprint density at radius 2 is 1.97 bits per heavy atom. The standard InChI is InChI=1S/C23H24Cl2N4O6/c1-5-35-22(32)17-16(11-7-6-8-12(24)18(11)25)15(21(31)34-4)10(2)27-19(17)20(33-3)13-9-14(30)29-23(26)28-13/h6-9,15-16,20H,5H2,1-4H3,(H3,26,28,29,30). The van der Waals surface area contributed by atoms with E-state index in [9.17, 15) is 14.4 Å². The average Bonchev–Trinajstić information content (AvgIpc) is 2.80. The minimum atomic E-state index is -1.10. The lowest BCUT2D eigenvalue weighted by atomic mass is 9.74. The molecule has 1 aromatic heterocycles. The highest BCUT2D eigenvalue weighted by molar-refractivity contribution is 6.42. The van der Waals surface area contributed by atoms with Crippen molar-refractivity contribution in [2.45, 2.75) is 25.9 Å². The number of halogens is 2. The van der Waals surface area contributed by atoms with E-state index in [4.69, 9.17) is 43.1 Å². The minimum Gasteiger partial charge on any atom is -0.468 e. The maximum atomic E-state index is 13.4. The molecule has 1 aliphatic heterocycles. The summed E-state index contributed by atoms with van der Waals surface area (Å²) < 4.78 is 16.0. The summed E-state index contributed by atoms with van der Waals surface area (Å²) in [4.78, 5) is 49.4. The van der Waals surface area contributed by atoms with Gasteiger partial charge in [-0.3, -0.25) is 19.6 Å². The number of hydrogen-bond donors (Lipinski definition) is 2. The Kier molecular flexibility index (Phi) is 8.31. The second-order valence-electron chi connectivity index (χ2n) is 7.57. The molecular formula is C23H24Cl2N4O6. The number of aliphatic imine (C=N–C) groups is 1. The molecule has 35 heavy (non-hydrogen) atoms. The van der Waals surface area contributed by atoms with Crippen LogP contribution in [0.25, 0.3) is 0 Å². The number of rotatable bonds is 7. The highest BCUT2D eigenvalue weighted by Crippen LogP contribution is 2.46. The molecule has 1 aromatic carbocycles. The number of nitrogens with zero attached hydrogens (tertiary/aromatic N) is 2. The molecule has 10 nitrogen and oxygen atoms in total. The molecule has 186 valence electrons. The maximum absolute atomic E-state index is 13.4. The van der Waals surface area contributed by atoms with Gasteiger partial charge < -0.3 is 19.9 Å². The molecule has 0 saturated heterocycles. The Balaban J connectivity index is 2.40. The third kappa shape index (κ3) is 5.24. The van der Waals surface area contributed by atoms with Crippen molar-refractivity contribution in [1.29, 1.82) is 0 Å². The van der Waals surface area contributed by atoms with Crippen LogP contribution in [0.4, 0.5) is 5.95 Å². The van der Waals surface area contributed by atoms with Crippen molar-refractivity contribution >= 4 is 46.8 Å². The van der Waals surface area contributed by atoms with Crippen LogP contribution in [0, 0.1) is 5.92 Å². The number of carbonyl (C=O) groups excluding carboxylic acids is 2. The maximum Gasteiger partial charge on any atom is 0.336 e. The van der Waals surface area contributed by atoms with E-state index < -0.39 is 35.4 Å². The summed E-state index contributed by atoms with van der Waals surface area (Å²) in [7, 11) is 2.59. The van der Waals surface area contributed by atoms with Crippen LogP contribution in [0.1, 0.15) is 37.1 Å². The summed E-state index contributed by atoms with van der Waals surface area (Å²) in [5.41, 5.74) is 6.09. The number of aromatic nitrogens is 2. The molecule has 12 heteroatoms. The fourth-order valence-corrected chi connectivity index (χ4v) is 4.48. The Morgan fingerprint density at radius 1 is 1.26 bits per heavy atom. The fraction of sp³-hybridized carbons (Fsp3) is 0.348. The van der Waals surface area contributed by atoms with Gasteiger partial charge in [-0.15, -0.1) is 0 Å². The van der Waals surface area contributed by atoms with E-state index >= 15 is 0 Å². The lowest BCUT2D eigenvalue weighted by Gasteiger charge is -2.34. The van der Waals surface area contributed by atoms with Gasteiger partial charge in [-0.2, -0.15) is 0 Å². The van der Waals surface area contributed by atoms with E-state index in [1.165, 1.54) is 20.3 Å². The van der Waals surface area contributed by atoms with E-state index in [1.54, 1.807) is 32.0 Å². The van der Waals surface area contributed by atoms with Crippen molar-refractivity contribution in [3.05, 3.63) is 67.2 Å². The van der Waals surface area contributed by atoms with Crippen LogP contribution < -0.4 is 11.3 Å². The quantitative estimate of drug-likeness (QED) is 0.526. The molecule has 2 aromatic rings.